The van der Waals surface area contributed by atoms with E-state index in [0.717, 1.165) is 16.4 Å². The molecule has 0 spiro atoms. The van der Waals surface area contributed by atoms with Gasteiger partial charge in [0, 0.05) is 38.3 Å². The maximum Gasteiger partial charge on any atom is 0.220 e. The minimum atomic E-state index is 0.0354. The number of anilines is 1. The van der Waals surface area contributed by atoms with Crippen molar-refractivity contribution < 1.29 is 4.79 Å². The Bertz CT molecular complexity index is 553. The number of amides is 1. The smallest absolute Gasteiger partial charge is 0.220 e. The fraction of sp³-hybridized carbons (Fsp3) is 0.357. The van der Waals surface area contributed by atoms with E-state index >= 15 is 0 Å². The lowest BCUT2D eigenvalue weighted by molar-refractivity contribution is -0.121. The highest BCUT2D eigenvalue weighted by atomic mass is 32.1. The number of thiazole rings is 1. The standard InChI is InChI=1S/C14H18N4OS/c1-18(2)14-17-12(10-20-14)9-16-13(19)6-5-11-4-3-7-15-8-11/h3-4,7-8,10H,5-6,9H2,1-2H3,(H,16,19). The summed E-state index contributed by atoms with van der Waals surface area (Å²) in [5.74, 6) is 0.0354. The molecule has 0 bridgehead atoms. The number of nitrogens with one attached hydrogen (secondary N) is 1. The normalized spacial score (nSPS) is 10.3. The molecule has 5 nitrogen and oxygen atoms in total. The maximum absolute atomic E-state index is 11.8. The predicted octanol–water partition coefficient (Wildman–Crippen LogP) is 1.85. The summed E-state index contributed by atoms with van der Waals surface area (Å²) in [6.07, 6.45) is 4.70. The number of rotatable bonds is 6. The second kappa shape index (κ2) is 7.00. The van der Waals surface area contributed by atoms with Crippen molar-refractivity contribution in [2.45, 2.75) is 19.4 Å². The number of carbonyl (C=O) groups is 1. The molecule has 2 rings (SSSR count). The third-order valence-electron chi connectivity index (χ3n) is 2.75. The summed E-state index contributed by atoms with van der Waals surface area (Å²) in [6.45, 7) is 0.482. The van der Waals surface area contributed by atoms with Gasteiger partial charge in [-0.1, -0.05) is 6.07 Å². The van der Waals surface area contributed by atoms with E-state index in [1.165, 1.54) is 0 Å². The first-order valence-electron chi connectivity index (χ1n) is 6.42. The van der Waals surface area contributed by atoms with Crippen LogP contribution in [0.25, 0.3) is 0 Å². The van der Waals surface area contributed by atoms with E-state index in [2.05, 4.69) is 15.3 Å². The molecular weight excluding hydrogens is 272 g/mol. The van der Waals surface area contributed by atoms with Crippen LogP contribution < -0.4 is 10.2 Å². The van der Waals surface area contributed by atoms with Gasteiger partial charge in [0.2, 0.25) is 5.91 Å². The van der Waals surface area contributed by atoms with Crippen LogP contribution in [0.4, 0.5) is 5.13 Å². The molecule has 0 fully saturated rings. The van der Waals surface area contributed by atoms with Gasteiger partial charge in [0.15, 0.2) is 5.13 Å². The Labute approximate surface area is 122 Å². The summed E-state index contributed by atoms with van der Waals surface area (Å²) in [6, 6.07) is 3.86. The highest BCUT2D eigenvalue weighted by Gasteiger charge is 2.06. The van der Waals surface area contributed by atoms with Crippen LogP contribution in [-0.4, -0.2) is 30.0 Å². The number of aryl methyl sites for hydroxylation is 1. The zero-order chi connectivity index (χ0) is 14.4. The van der Waals surface area contributed by atoms with Crippen LogP contribution in [0.2, 0.25) is 0 Å². The molecule has 0 unspecified atom stereocenters. The van der Waals surface area contributed by atoms with Gasteiger partial charge in [0.1, 0.15) is 0 Å². The molecule has 6 heteroatoms. The van der Waals surface area contributed by atoms with E-state index in [0.29, 0.717) is 19.4 Å². The monoisotopic (exact) mass is 290 g/mol. The first-order valence-corrected chi connectivity index (χ1v) is 7.30. The third-order valence-corrected chi connectivity index (χ3v) is 3.81. The molecule has 0 saturated carbocycles. The Kier molecular flexibility index (Phi) is 5.06. The van der Waals surface area contributed by atoms with Crippen LogP contribution in [0.15, 0.2) is 29.9 Å². The molecule has 0 aliphatic rings. The lowest BCUT2D eigenvalue weighted by Crippen LogP contribution is -2.23. The quantitative estimate of drug-likeness (QED) is 0.882. The predicted molar refractivity (Wildman–Crippen MR) is 80.8 cm³/mol. The van der Waals surface area contributed by atoms with E-state index in [1.807, 2.05) is 36.5 Å². The van der Waals surface area contributed by atoms with Crippen LogP contribution in [-0.2, 0) is 17.8 Å². The summed E-state index contributed by atoms with van der Waals surface area (Å²) in [5.41, 5.74) is 1.97. The van der Waals surface area contributed by atoms with Crippen LogP contribution in [0, 0.1) is 0 Å². The van der Waals surface area contributed by atoms with Gasteiger partial charge in [-0.3, -0.25) is 9.78 Å². The van der Waals surface area contributed by atoms with Gasteiger partial charge >= 0.3 is 0 Å². The van der Waals surface area contributed by atoms with Gasteiger partial charge in [-0.2, -0.15) is 0 Å². The molecule has 20 heavy (non-hydrogen) atoms. The molecular formula is C14H18N4OS. The molecule has 0 radical (unpaired) electrons. The van der Waals surface area contributed by atoms with Gasteiger partial charge in [-0.05, 0) is 18.1 Å². The molecule has 2 aromatic heterocycles. The van der Waals surface area contributed by atoms with Crippen molar-refractivity contribution in [3.63, 3.8) is 0 Å². The molecule has 0 aliphatic heterocycles. The van der Waals surface area contributed by atoms with E-state index in [-0.39, 0.29) is 5.91 Å². The second-order valence-electron chi connectivity index (χ2n) is 4.65. The van der Waals surface area contributed by atoms with Crippen LogP contribution in [0.5, 0.6) is 0 Å². The van der Waals surface area contributed by atoms with Crippen molar-refractivity contribution in [3.8, 4) is 0 Å². The molecule has 2 aromatic rings. The number of hydrogen-bond donors (Lipinski definition) is 1. The minimum Gasteiger partial charge on any atom is -0.354 e. The van der Waals surface area contributed by atoms with E-state index in [9.17, 15) is 4.79 Å². The lowest BCUT2D eigenvalue weighted by Gasteiger charge is -2.06. The van der Waals surface area contributed by atoms with Crippen molar-refractivity contribution in [1.29, 1.82) is 0 Å². The Morgan fingerprint density at radius 2 is 2.30 bits per heavy atom. The molecule has 0 aliphatic carbocycles. The highest BCUT2D eigenvalue weighted by molar-refractivity contribution is 7.13. The van der Waals surface area contributed by atoms with Crippen molar-refractivity contribution in [1.82, 2.24) is 15.3 Å². The zero-order valence-electron chi connectivity index (χ0n) is 11.7. The van der Waals surface area contributed by atoms with Gasteiger partial charge in [-0.25, -0.2) is 4.98 Å². The van der Waals surface area contributed by atoms with E-state index in [1.54, 1.807) is 23.7 Å². The SMILES string of the molecule is CN(C)c1nc(CNC(=O)CCc2cccnc2)cs1. The zero-order valence-corrected chi connectivity index (χ0v) is 12.5. The maximum atomic E-state index is 11.8. The number of hydrogen-bond acceptors (Lipinski definition) is 5. The summed E-state index contributed by atoms with van der Waals surface area (Å²) in [7, 11) is 3.91. The first kappa shape index (κ1) is 14.5. The molecule has 0 saturated heterocycles. The average molecular weight is 290 g/mol. The number of aromatic nitrogens is 2. The van der Waals surface area contributed by atoms with Gasteiger partial charge < -0.3 is 10.2 Å². The van der Waals surface area contributed by atoms with Crippen LogP contribution in [0.1, 0.15) is 17.7 Å². The number of nitrogens with zero attached hydrogens (tertiary/aromatic N) is 3. The molecule has 0 aromatic carbocycles. The van der Waals surface area contributed by atoms with E-state index < -0.39 is 0 Å². The Morgan fingerprint density at radius 1 is 1.45 bits per heavy atom. The molecule has 2 heterocycles. The third kappa shape index (κ3) is 4.31. The minimum absolute atomic E-state index is 0.0354. The van der Waals surface area contributed by atoms with Crippen molar-refractivity contribution in [2.24, 2.45) is 0 Å². The molecule has 1 N–H and O–H groups in total. The number of pyridine rings is 1. The van der Waals surface area contributed by atoms with E-state index in [4.69, 9.17) is 0 Å². The number of carbonyl (C=O) groups excluding carboxylic acids is 1. The highest BCUT2D eigenvalue weighted by Crippen LogP contribution is 2.17. The largest absolute Gasteiger partial charge is 0.354 e. The summed E-state index contributed by atoms with van der Waals surface area (Å²) >= 11 is 1.57. The fourth-order valence-electron chi connectivity index (χ4n) is 1.66. The average Bonchev–Trinajstić information content (AvgIpc) is 2.93. The molecule has 106 valence electrons. The Hall–Kier alpha value is -1.95. The lowest BCUT2D eigenvalue weighted by atomic mass is 10.1. The van der Waals surface area contributed by atoms with Crippen molar-refractivity contribution in [2.75, 3.05) is 19.0 Å². The van der Waals surface area contributed by atoms with Crippen molar-refractivity contribution >= 4 is 22.4 Å². The van der Waals surface area contributed by atoms with Gasteiger partial charge in [0.25, 0.3) is 0 Å². The van der Waals surface area contributed by atoms with Crippen molar-refractivity contribution in [3.05, 3.63) is 41.2 Å². The summed E-state index contributed by atoms with van der Waals surface area (Å²) < 4.78 is 0. The van der Waals surface area contributed by atoms with Crippen LogP contribution >= 0.6 is 11.3 Å². The summed E-state index contributed by atoms with van der Waals surface area (Å²) in [5, 5.41) is 5.81. The topological polar surface area (TPSA) is 58.1 Å². The Balaban J connectivity index is 1.74. The van der Waals surface area contributed by atoms with Gasteiger partial charge in [-0.15, -0.1) is 11.3 Å². The second-order valence-corrected chi connectivity index (χ2v) is 5.49. The fourth-order valence-corrected chi connectivity index (χ4v) is 2.42. The Morgan fingerprint density at radius 3 is 2.95 bits per heavy atom. The molecule has 0 atom stereocenters. The van der Waals surface area contributed by atoms with Gasteiger partial charge in [0.05, 0.1) is 12.2 Å². The first-order chi connectivity index (χ1) is 9.65. The van der Waals surface area contributed by atoms with Crippen LogP contribution in [0.3, 0.4) is 0 Å². The summed E-state index contributed by atoms with van der Waals surface area (Å²) in [4.78, 5) is 22.2. The molecule has 1 amide bonds.